The van der Waals surface area contributed by atoms with Crippen LogP contribution in [0, 0.1) is 5.82 Å². The third-order valence-electron chi connectivity index (χ3n) is 2.24. The smallest absolute Gasteiger partial charge is 0.262 e. The minimum absolute atomic E-state index is 0.0174. The minimum Gasteiger partial charge on any atom is -0.384 e. The van der Waals surface area contributed by atoms with E-state index in [1.165, 1.54) is 30.5 Å². The van der Waals surface area contributed by atoms with Gasteiger partial charge in [0.15, 0.2) is 0 Å². The molecule has 0 aliphatic rings. The summed E-state index contributed by atoms with van der Waals surface area (Å²) in [5, 5.41) is 0. The summed E-state index contributed by atoms with van der Waals surface area (Å²) >= 11 is 3.08. The largest absolute Gasteiger partial charge is 0.384 e. The third-order valence-corrected chi connectivity index (χ3v) is 4.26. The minimum atomic E-state index is -3.79. The molecule has 0 unspecified atom stereocenters. The molecule has 0 amide bonds. The van der Waals surface area contributed by atoms with Gasteiger partial charge in [-0.1, -0.05) is 0 Å². The van der Waals surface area contributed by atoms with Crippen molar-refractivity contribution in [2.75, 3.05) is 10.5 Å². The lowest BCUT2D eigenvalue weighted by atomic mass is 10.3. The number of benzene rings is 1. The normalized spacial score (nSPS) is 11.3. The number of anilines is 2. The van der Waals surface area contributed by atoms with E-state index in [0.717, 1.165) is 6.07 Å². The molecule has 100 valence electrons. The number of aromatic nitrogens is 1. The van der Waals surface area contributed by atoms with E-state index in [1.807, 2.05) is 0 Å². The SMILES string of the molecule is Nc1cc(S(=O)(=O)Nc2ccc(F)cc2Br)ccn1. The highest BCUT2D eigenvalue weighted by atomic mass is 79.9. The first kappa shape index (κ1) is 13.8. The van der Waals surface area contributed by atoms with E-state index in [4.69, 9.17) is 5.73 Å². The lowest BCUT2D eigenvalue weighted by Gasteiger charge is -2.09. The molecule has 2 aromatic rings. The fraction of sp³-hybridized carbons (Fsp3) is 0. The first-order valence-electron chi connectivity index (χ1n) is 5.08. The summed E-state index contributed by atoms with van der Waals surface area (Å²) in [5.74, 6) is -0.371. The molecule has 0 aliphatic heterocycles. The number of nitrogens with zero attached hydrogens (tertiary/aromatic N) is 1. The Morgan fingerprint density at radius 1 is 1.26 bits per heavy atom. The van der Waals surface area contributed by atoms with Crippen LogP contribution >= 0.6 is 15.9 Å². The van der Waals surface area contributed by atoms with Gasteiger partial charge in [0.2, 0.25) is 0 Å². The molecular weight excluding hydrogens is 337 g/mol. The molecule has 8 heteroatoms. The Hall–Kier alpha value is -1.67. The number of hydrogen-bond acceptors (Lipinski definition) is 4. The monoisotopic (exact) mass is 345 g/mol. The van der Waals surface area contributed by atoms with Crippen LogP contribution in [0.2, 0.25) is 0 Å². The predicted molar refractivity (Wildman–Crippen MR) is 73.6 cm³/mol. The predicted octanol–water partition coefficient (Wildman–Crippen LogP) is 2.37. The maximum absolute atomic E-state index is 12.9. The standard InChI is InChI=1S/C11H9BrFN3O2S/c12-9-5-7(13)1-2-10(9)16-19(17,18)8-3-4-15-11(14)6-8/h1-6,16H,(H2,14,15). The zero-order chi connectivity index (χ0) is 14.0. The summed E-state index contributed by atoms with van der Waals surface area (Å²) in [5.41, 5.74) is 5.67. The molecule has 0 radical (unpaired) electrons. The molecule has 0 atom stereocenters. The van der Waals surface area contributed by atoms with Crippen molar-refractivity contribution in [3.8, 4) is 0 Å². The van der Waals surface area contributed by atoms with Crippen molar-refractivity contribution in [3.63, 3.8) is 0 Å². The van der Waals surface area contributed by atoms with E-state index < -0.39 is 15.8 Å². The molecule has 5 nitrogen and oxygen atoms in total. The second kappa shape index (κ2) is 5.14. The first-order valence-corrected chi connectivity index (χ1v) is 7.35. The maximum Gasteiger partial charge on any atom is 0.262 e. The lowest BCUT2D eigenvalue weighted by Crippen LogP contribution is -2.13. The van der Waals surface area contributed by atoms with Crippen LogP contribution < -0.4 is 10.5 Å². The highest BCUT2D eigenvalue weighted by molar-refractivity contribution is 9.10. The van der Waals surface area contributed by atoms with Gasteiger partial charge in [-0.05, 0) is 40.2 Å². The van der Waals surface area contributed by atoms with Crippen LogP contribution in [0.5, 0.6) is 0 Å². The van der Waals surface area contributed by atoms with Gasteiger partial charge in [-0.15, -0.1) is 0 Å². The van der Waals surface area contributed by atoms with Crippen LogP contribution in [-0.4, -0.2) is 13.4 Å². The second-order valence-electron chi connectivity index (χ2n) is 3.65. The average molecular weight is 346 g/mol. The van der Waals surface area contributed by atoms with E-state index in [9.17, 15) is 12.8 Å². The van der Waals surface area contributed by atoms with Crippen LogP contribution in [0.4, 0.5) is 15.9 Å². The Balaban J connectivity index is 2.36. The summed E-state index contributed by atoms with van der Waals surface area (Å²) in [6, 6.07) is 6.19. The van der Waals surface area contributed by atoms with E-state index in [0.29, 0.717) is 4.47 Å². The van der Waals surface area contributed by atoms with Gasteiger partial charge in [-0.3, -0.25) is 4.72 Å². The molecule has 2 rings (SSSR count). The zero-order valence-corrected chi connectivity index (χ0v) is 11.9. The quantitative estimate of drug-likeness (QED) is 0.894. The molecule has 1 heterocycles. The van der Waals surface area contributed by atoms with Gasteiger partial charge >= 0.3 is 0 Å². The summed E-state index contributed by atoms with van der Waals surface area (Å²) < 4.78 is 39.7. The van der Waals surface area contributed by atoms with E-state index in [1.54, 1.807) is 0 Å². The number of halogens is 2. The molecule has 0 fully saturated rings. The van der Waals surface area contributed by atoms with Crippen molar-refractivity contribution < 1.29 is 12.8 Å². The molecule has 0 saturated carbocycles. The Bertz CT molecular complexity index is 722. The molecule has 1 aromatic heterocycles. The molecule has 0 spiro atoms. The topological polar surface area (TPSA) is 85.1 Å². The highest BCUT2D eigenvalue weighted by Gasteiger charge is 2.16. The summed E-state index contributed by atoms with van der Waals surface area (Å²) in [6.45, 7) is 0. The van der Waals surface area contributed by atoms with Crippen LogP contribution in [-0.2, 0) is 10.0 Å². The Morgan fingerprint density at radius 2 is 2.00 bits per heavy atom. The molecule has 0 bridgehead atoms. The van der Waals surface area contributed by atoms with Gasteiger partial charge in [-0.2, -0.15) is 0 Å². The fourth-order valence-electron chi connectivity index (χ4n) is 1.37. The van der Waals surface area contributed by atoms with Crippen LogP contribution in [0.15, 0.2) is 45.9 Å². The number of hydrogen-bond donors (Lipinski definition) is 2. The Kier molecular flexibility index (Phi) is 3.72. The van der Waals surface area contributed by atoms with Crippen molar-refractivity contribution in [3.05, 3.63) is 46.8 Å². The summed E-state index contributed by atoms with van der Waals surface area (Å²) in [6.07, 6.45) is 1.30. The van der Waals surface area contributed by atoms with Crippen molar-refractivity contribution in [1.29, 1.82) is 0 Å². The number of nitrogen functional groups attached to an aromatic ring is 1. The fourth-order valence-corrected chi connectivity index (χ4v) is 3.05. The first-order chi connectivity index (χ1) is 8.88. The van der Waals surface area contributed by atoms with Crippen LogP contribution in [0.3, 0.4) is 0 Å². The summed E-state index contributed by atoms with van der Waals surface area (Å²) in [4.78, 5) is 3.70. The van der Waals surface area contributed by atoms with Gasteiger partial charge in [0.05, 0.1) is 10.6 Å². The summed E-state index contributed by atoms with van der Waals surface area (Å²) in [7, 11) is -3.79. The van der Waals surface area contributed by atoms with Gasteiger partial charge in [-0.25, -0.2) is 17.8 Å². The third kappa shape index (κ3) is 3.21. The van der Waals surface area contributed by atoms with Crippen molar-refractivity contribution in [2.24, 2.45) is 0 Å². The molecule has 0 saturated heterocycles. The van der Waals surface area contributed by atoms with E-state index in [2.05, 4.69) is 25.6 Å². The highest BCUT2D eigenvalue weighted by Crippen LogP contribution is 2.25. The second-order valence-corrected chi connectivity index (χ2v) is 6.18. The Labute approximate surface area is 117 Å². The maximum atomic E-state index is 12.9. The lowest BCUT2D eigenvalue weighted by molar-refractivity contribution is 0.601. The number of nitrogens with one attached hydrogen (secondary N) is 1. The Morgan fingerprint density at radius 3 is 2.63 bits per heavy atom. The molecule has 3 N–H and O–H groups in total. The number of rotatable bonds is 3. The van der Waals surface area contributed by atoms with Gasteiger partial charge < -0.3 is 5.73 Å². The van der Waals surface area contributed by atoms with Gasteiger partial charge in [0.25, 0.3) is 10.0 Å². The van der Waals surface area contributed by atoms with Crippen LogP contribution in [0.1, 0.15) is 0 Å². The van der Waals surface area contributed by atoms with Crippen molar-refractivity contribution in [1.82, 2.24) is 4.98 Å². The molecule has 0 aliphatic carbocycles. The van der Waals surface area contributed by atoms with Crippen molar-refractivity contribution >= 4 is 37.5 Å². The van der Waals surface area contributed by atoms with E-state index in [-0.39, 0.29) is 16.4 Å². The number of sulfonamides is 1. The van der Waals surface area contributed by atoms with Gasteiger partial charge in [0.1, 0.15) is 11.6 Å². The van der Waals surface area contributed by atoms with Crippen LogP contribution in [0.25, 0.3) is 0 Å². The average Bonchev–Trinajstić information content (AvgIpc) is 2.33. The van der Waals surface area contributed by atoms with Crippen molar-refractivity contribution in [2.45, 2.75) is 4.90 Å². The van der Waals surface area contributed by atoms with E-state index >= 15 is 0 Å². The molecule has 1 aromatic carbocycles. The number of nitrogens with two attached hydrogens (primary N) is 1. The number of pyridine rings is 1. The van der Waals surface area contributed by atoms with Gasteiger partial charge in [0, 0.05) is 16.7 Å². The molecule has 19 heavy (non-hydrogen) atoms. The molecular formula is C11H9BrFN3O2S. The zero-order valence-electron chi connectivity index (χ0n) is 9.47.